The van der Waals surface area contributed by atoms with E-state index in [9.17, 15) is 9.59 Å². The van der Waals surface area contributed by atoms with E-state index in [0.29, 0.717) is 55.6 Å². The zero-order chi connectivity index (χ0) is 21.9. The third kappa shape index (κ3) is 6.69. The monoisotopic (exact) mass is 423 g/mol. The molecule has 1 aromatic rings. The first kappa shape index (κ1) is 23.6. The van der Waals surface area contributed by atoms with Gasteiger partial charge in [0.2, 0.25) is 11.7 Å². The summed E-state index contributed by atoms with van der Waals surface area (Å²) < 4.78 is 20.9. The second-order valence-electron chi connectivity index (χ2n) is 7.18. The van der Waals surface area contributed by atoms with Gasteiger partial charge in [-0.3, -0.25) is 4.79 Å². The maximum absolute atomic E-state index is 12.7. The summed E-state index contributed by atoms with van der Waals surface area (Å²) >= 11 is 0. The summed E-state index contributed by atoms with van der Waals surface area (Å²) in [7, 11) is 6.23. The number of methoxy groups -OCH3 is 4. The molecule has 0 aliphatic carbocycles. The lowest BCUT2D eigenvalue weighted by atomic mass is 9.93. The highest BCUT2D eigenvalue weighted by molar-refractivity contribution is 5.90. The predicted octanol–water partition coefficient (Wildman–Crippen LogP) is 2.50. The number of amides is 3. The van der Waals surface area contributed by atoms with Crippen LogP contribution in [0.4, 0.5) is 10.5 Å². The number of anilines is 1. The highest BCUT2D eigenvalue weighted by atomic mass is 16.5. The summed E-state index contributed by atoms with van der Waals surface area (Å²) in [5, 5.41) is 5.80. The molecule has 30 heavy (non-hydrogen) atoms. The molecule has 9 heteroatoms. The highest BCUT2D eigenvalue weighted by Gasteiger charge is 2.25. The third-order valence-corrected chi connectivity index (χ3v) is 5.14. The molecular formula is C21H33N3O6. The van der Waals surface area contributed by atoms with E-state index in [0.717, 1.165) is 19.3 Å². The van der Waals surface area contributed by atoms with Crippen molar-refractivity contribution in [1.82, 2.24) is 10.2 Å². The number of benzene rings is 1. The van der Waals surface area contributed by atoms with Crippen LogP contribution < -0.4 is 24.8 Å². The van der Waals surface area contributed by atoms with Crippen molar-refractivity contribution in [2.24, 2.45) is 5.92 Å². The Hall–Kier alpha value is -2.68. The lowest BCUT2D eigenvalue weighted by molar-refractivity contribution is -0.122. The van der Waals surface area contributed by atoms with Crippen LogP contribution in [-0.2, 0) is 9.53 Å². The number of nitrogens with zero attached hydrogens (tertiary/aromatic N) is 1. The van der Waals surface area contributed by atoms with Crippen LogP contribution in [0.2, 0.25) is 0 Å². The molecule has 1 saturated heterocycles. The molecule has 0 atom stereocenters. The fourth-order valence-electron chi connectivity index (χ4n) is 3.47. The molecule has 0 radical (unpaired) electrons. The molecule has 0 spiro atoms. The summed E-state index contributed by atoms with van der Waals surface area (Å²) in [4.78, 5) is 26.4. The van der Waals surface area contributed by atoms with Crippen LogP contribution in [0.15, 0.2) is 12.1 Å². The molecule has 2 N–H and O–H groups in total. The molecule has 0 bridgehead atoms. The number of hydrogen-bond acceptors (Lipinski definition) is 6. The standard InChI is InChI=1S/C21H33N3O6/c1-27-11-5-8-22-19(25)12-15-6-9-24(10-7-15)21(26)23-16-13-17(28-2)20(30-4)18(14-16)29-3/h13-15H,5-12H2,1-4H3,(H,22,25)(H,23,26). The average Bonchev–Trinajstić information content (AvgIpc) is 2.76. The zero-order valence-corrected chi connectivity index (χ0v) is 18.3. The first-order valence-electron chi connectivity index (χ1n) is 10.1. The summed E-state index contributed by atoms with van der Waals surface area (Å²) in [5.41, 5.74) is 0.562. The van der Waals surface area contributed by atoms with E-state index < -0.39 is 0 Å². The van der Waals surface area contributed by atoms with Crippen molar-refractivity contribution in [1.29, 1.82) is 0 Å². The molecule has 1 aliphatic rings. The Morgan fingerprint density at radius 2 is 1.67 bits per heavy atom. The minimum absolute atomic E-state index is 0.0615. The molecule has 3 amide bonds. The Morgan fingerprint density at radius 3 is 2.20 bits per heavy atom. The van der Waals surface area contributed by atoms with Gasteiger partial charge in [-0.15, -0.1) is 0 Å². The van der Waals surface area contributed by atoms with Crippen LogP contribution in [-0.4, -0.2) is 71.5 Å². The molecule has 0 saturated carbocycles. The molecule has 0 aromatic heterocycles. The third-order valence-electron chi connectivity index (χ3n) is 5.14. The number of rotatable bonds is 10. The maximum Gasteiger partial charge on any atom is 0.321 e. The van der Waals surface area contributed by atoms with Crippen LogP contribution in [0.25, 0.3) is 0 Å². The number of carbonyl (C=O) groups excluding carboxylic acids is 2. The molecule has 1 aliphatic heterocycles. The first-order chi connectivity index (χ1) is 14.5. The molecule has 2 rings (SSSR count). The number of carbonyl (C=O) groups is 2. The number of likely N-dealkylation sites (tertiary alicyclic amines) is 1. The van der Waals surface area contributed by atoms with Gasteiger partial charge < -0.3 is 34.5 Å². The SMILES string of the molecule is COCCCNC(=O)CC1CCN(C(=O)Nc2cc(OC)c(OC)c(OC)c2)CC1. The Morgan fingerprint density at radius 1 is 1.03 bits per heavy atom. The fourth-order valence-corrected chi connectivity index (χ4v) is 3.47. The number of hydrogen-bond donors (Lipinski definition) is 2. The van der Waals surface area contributed by atoms with Crippen molar-refractivity contribution >= 4 is 17.6 Å². The summed E-state index contributed by atoms with van der Waals surface area (Å²) in [6.45, 7) is 2.48. The molecule has 1 aromatic carbocycles. The highest BCUT2D eigenvalue weighted by Crippen LogP contribution is 2.40. The minimum Gasteiger partial charge on any atom is -0.493 e. The summed E-state index contributed by atoms with van der Waals surface area (Å²) in [5.74, 6) is 1.77. The number of urea groups is 1. The Bertz CT molecular complexity index is 679. The second kappa shape index (κ2) is 12.1. The second-order valence-corrected chi connectivity index (χ2v) is 7.18. The Kier molecular flexibility index (Phi) is 9.53. The van der Waals surface area contributed by atoms with Gasteiger partial charge in [-0.25, -0.2) is 4.79 Å². The van der Waals surface area contributed by atoms with E-state index in [-0.39, 0.29) is 17.9 Å². The summed E-state index contributed by atoms with van der Waals surface area (Å²) in [6, 6.07) is 3.20. The van der Waals surface area contributed by atoms with Gasteiger partial charge in [0.25, 0.3) is 0 Å². The van der Waals surface area contributed by atoms with Gasteiger partial charge in [0.1, 0.15) is 0 Å². The van der Waals surface area contributed by atoms with Crippen LogP contribution in [0.3, 0.4) is 0 Å². The van der Waals surface area contributed by atoms with Gasteiger partial charge >= 0.3 is 6.03 Å². The van der Waals surface area contributed by atoms with Gasteiger partial charge in [0.15, 0.2) is 11.5 Å². The molecule has 1 heterocycles. The quantitative estimate of drug-likeness (QED) is 0.561. The lowest BCUT2D eigenvalue weighted by Gasteiger charge is -2.31. The van der Waals surface area contributed by atoms with Gasteiger partial charge in [-0.05, 0) is 25.2 Å². The van der Waals surface area contributed by atoms with Crippen LogP contribution in [0.5, 0.6) is 17.2 Å². The first-order valence-corrected chi connectivity index (χ1v) is 10.1. The van der Waals surface area contributed by atoms with Gasteiger partial charge in [-0.2, -0.15) is 0 Å². The van der Waals surface area contributed by atoms with Gasteiger partial charge in [-0.1, -0.05) is 0 Å². The van der Waals surface area contributed by atoms with E-state index in [2.05, 4.69) is 10.6 Å². The van der Waals surface area contributed by atoms with Crippen molar-refractivity contribution in [3.05, 3.63) is 12.1 Å². The lowest BCUT2D eigenvalue weighted by Crippen LogP contribution is -2.42. The molecular weight excluding hydrogens is 390 g/mol. The van der Waals surface area contributed by atoms with Crippen LogP contribution >= 0.6 is 0 Å². The smallest absolute Gasteiger partial charge is 0.321 e. The molecule has 9 nitrogen and oxygen atoms in total. The normalized spacial score (nSPS) is 14.2. The zero-order valence-electron chi connectivity index (χ0n) is 18.3. The minimum atomic E-state index is -0.188. The Balaban J connectivity index is 1.84. The summed E-state index contributed by atoms with van der Waals surface area (Å²) in [6.07, 6.45) is 2.90. The average molecular weight is 424 g/mol. The topological polar surface area (TPSA) is 98.4 Å². The van der Waals surface area contributed by atoms with Crippen molar-refractivity contribution in [2.75, 3.05) is 60.0 Å². The van der Waals surface area contributed by atoms with Crippen molar-refractivity contribution in [3.63, 3.8) is 0 Å². The van der Waals surface area contributed by atoms with Crippen molar-refractivity contribution in [2.45, 2.75) is 25.7 Å². The largest absolute Gasteiger partial charge is 0.493 e. The molecule has 0 unspecified atom stereocenters. The van der Waals surface area contributed by atoms with Crippen LogP contribution in [0, 0.1) is 5.92 Å². The van der Waals surface area contributed by atoms with Crippen molar-refractivity contribution < 1.29 is 28.5 Å². The van der Waals surface area contributed by atoms with E-state index in [1.54, 1.807) is 24.1 Å². The van der Waals surface area contributed by atoms with Crippen LogP contribution in [0.1, 0.15) is 25.7 Å². The number of piperidine rings is 1. The Labute approximate surface area is 178 Å². The van der Waals surface area contributed by atoms with Crippen molar-refractivity contribution in [3.8, 4) is 17.2 Å². The number of nitrogens with one attached hydrogen (secondary N) is 2. The van der Waals surface area contributed by atoms with Gasteiger partial charge in [0, 0.05) is 51.9 Å². The predicted molar refractivity (Wildman–Crippen MR) is 114 cm³/mol. The van der Waals surface area contributed by atoms with E-state index in [1.807, 2.05) is 0 Å². The molecule has 1 fully saturated rings. The van der Waals surface area contributed by atoms with E-state index >= 15 is 0 Å². The molecule has 168 valence electrons. The van der Waals surface area contributed by atoms with Gasteiger partial charge in [0.05, 0.1) is 27.0 Å². The maximum atomic E-state index is 12.7. The fraction of sp³-hybridized carbons (Fsp3) is 0.619. The van der Waals surface area contributed by atoms with E-state index in [4.69, 9.17) is 18.9 Å². The van der Waals surface area contributed by atoms with E-state index in [1.165, 1.54) is 21.3 Å². The number of ether oxygens (including phenoxy) is 4.